The lowest BCUT2D eigenvalue weighted by molar-refractivity contribution is -0.145. The highest BCUT2D eigenvalue weighted by Crippen LogP contribution is 2.23. The molecule has 2 aromatic rings. The van der Waals surface area contributed by atoms with Gasteiger partial charge in [-0.05, 0) is 25.0 Å². The summed E-state index contributed by atoms with van der Waals surface area (Å²) < 4.78 is 0. The number of H-pyrrole nitrogens is 1. The van der Waals surface area contributed by atoms with Crippen LogP contribution in [0.4, 0.5) is 0 Å². The smallest absolute Gasteiger partial charge is 0.252 e. The van der Waals surface area contributed by atoms with Gasteiger partial charge in [-0.1, -0.05) is 0 Å². The van der Waals surface area contributed by atoms with E-state index in [1.54, 1.807) is 12.3 Å². The number of hydrogen-bond donors (Lipinski definition) is 5. The first kappa shape index (κ1) is 17.7. The van der Waals surface area contributed by atoms with Crippen LogP contribution in [0.5, 0.6) is 0 Å². The van der Waals surface area contributed by atoms with Gasteiger partial charge in [-0.3, -0.25) is 9.89 Å². The van der Waals surface area contributed by atoms with Crippen molar-refractivity contribution in [1.82, 2.24) is 25.4 Å². The fourth-order valence-electron chi connectivity index (χ4n) is 3.06. The number of nitrogens with zero attached hydrogens (tertiary/aromatic N) is 3. The Bertz CT molecular complexity index is 726. The van der Waals surface area contributed by atoms with Crippen molar-refractivity contribution in [2.24, 2.45) is 0 Å². The SMILES string of the molecule is O=C(NCc1[nH]nc2ncccc12)C1(O)CCN(CC(O)CO)CC1. The highest BCUT2D eigenvalue weighted by molar-refractivity contribution is 5.85. The Morgan fingerprint density at radius 3 is 2.92 bits per heavy atom. The Labute approximate surface area is 144 Å². The second-order valence-corrected chi connectivity index (χ2v) is 6.43. The molecule has 0 radical (unpaired) electrons. The third-order valence-electron chi connectivity index (χ3n) is 4.62. The Hall–Kier alpha value is -2.07. The lowest BCUT2D eigenvalue weighted by atomic mass is 9.90. The molecule has 3 rings (SSSR count). The van der Waals surface area contributed by atoms with Crippen molar-refractivity contribution in [3.63, 3.8) is 0 Å². The number of fused-ring (bicyclic) bond motifs is 1. The number of aromatic amines is 1. The Balaban J connectivity index is 1.54. The summed E-state index contributed by atoms with van der Waals surface area (Å²) in [6, 6.07) is 3.67. The lowest BCUT2D eigenvalue weighted by Gasteiger charge is -2.37. The molecule has 9 nitrogen and oxygen atoms in total. The molecule has 2 aromatic heterocycles. The Kier molecular flexibility index (Phi) is 5.28. The number of amides is 1. The number of carbonyl (C=O) groups is 1. The number of piperidine rings is 1. The molecule has 1 aliphatic heterocycles. The van der Waals surface area contributed by atoms with E-state index in [0.29, 0.717) is 25.3 Å². The summed E-state index contributed by atoms with van der Waals surface area (Å²) in [6.45, 7) is 1.24. The normalized spacial score (nSPS) is 19.0. The highest BCUT2D eigenvalue weighted by Gasteiger charge is 2.39. The minimum Gasteiger partial charge on any atom is -0.394 e. The van der Waals surface area contributed by atoms with Gasteiger partial charge in [0.05, 0.1) is 24.9 Å². The molecule has 1 amide bonds. The largest absolute Gasteiger partial charge is 0.394 e. The molecule has 0 spiro atoms. The van der Waals surface area contributed by atoms with Gasteiger partial charge in [-0.15, -0.1) is 0 Å². The molecule has 136 valence electrons. The third-order valence-corrected chi connectivity index (χ3v) is 4.62. The van der Waals surface area contributed by atoms with Crippen molar-refractivity contribution < 1.29 is 20.1 Å². The molecule has 1 fully saturated rings. The van der Waals surface area contributed by atoms with Crippen molar-refractivity contribution in [1.29, 1.82) is 0 Å². The second-order valence-electron chi connectivity index (χ2n) is 6.43. The maximum Gasteiger partial charge on any atom is 0.252 e. The Morgan fingerprint density at radius 1 is 1.44 bits per heavy atom. The van der Waals surface area contributed by atoms with Gasteiger partial charge in [-0.25, -0.2) is 4.98 Å². The van der Waals surface area contributed by atoms with Gasteiger partial charge in [-0.2, -0.15) is 5.10 Å². The summed E-state index contributed by atoms with van der Waals surface area (Å²) >= 11 is 0. The number of pyridine rings is 1. The van der Waals surface area contributed by atoms with E-state index in [0.717, 1.165) is 11.1 Å². The first-order valence-corrected chi connectivity index (χ1v) is 8.32. The number of β-amino-alcohol motifs (C(OH)–C–C–N with tert-alkyl or cyclic N) is 1. The zero-order chi connectivity index (χ0) is 17.9. The van der Waals surface area contributed by atoms with E-state index in [1.165, 1.54) is 0 Å². The van der Waals surface area contributed by atoms with Gasteiger partial charge < -0.3 is 25.5 Å². The van der Waals surface area contributed by atoms with E-state index in [1.807, 2.05) is 11.0 Å². The van der Waals surface area contributed by atoms with Gasteiger partial charge in [0.25, 0.3) is 5.91 Å². The van der Waals surface area contributed by atoms with E-state index >= 15 is 0 Å². The predicted molar refractivity (Wildman–Crippen MR) is 89.5 cm³/mol. The fourth-order valence-corrected chi connectivity index (χ4v) is 3.06. The lowest BCUT2D eigenvalue weighted by Crippen LogP contribution is -2.54. The van der Waals surface area contributed by atoms with E-state index in [-0.39, 0.29) is 26.0 Å². The molecule has 0 aliphatic carbocycles. The van der Waals surface area contributed by atoms with E-state index in [4.69, 9.17) is 5.11 Å². The average molecular weight is 349 g/mol. The van der Waals surface area contributed by atoms with Crippen LogP contribution < -0.4 is 5.32 Å². The van der Waals surface area contributed by atoms with Crippen LogP contribution in [0.3, 0.4) is 0 Å². The van der Waals surface area contributed by atoms with Gasteiger partial charge >= 0.3 is 0 Å². The summed E-state index contributed by atoms with van der Waals surface area (Å²) in [6.07, 6.45) is 1.41. The van der Waals surface area contributed by atoms with Crippen molar-refractivity contribution in [3.8, 4) is 0 Å². The summed E-state index contributed by atoms with van der Waals surface area (Å²) in [5.41, 5.74) is -0.0980. The van der Waals surface area contributed by atoms with Crippen LogP contribution in [0, 0.1) is 0 Å². The van der Waals surface area contributed by atoms with Crippen LogP contribution in [-0.4, -0.2) is 79.3 Å². The van der Waals surface area contributed by atoms with Gasteiger partial charge in [0.15, 0.2) is 5.65 Å². The molecule has 1 atom stereocenters. The topological polar surface area (TPSA) is 135 Å². The molecule has 25 heavy (non-hydrogen) atoms. The molecule has 1 unspecified atom stereocenters. The van der Waals surface area contributed by atoms with E-state index in [2.05, 4.69) is 20.5 Å². The first-order valence-electron chi connectivity index (χ1n) is 8.32. The van der Waals surface area contributed by atoms with Crippen molar-refractivity contribution in [2.45, 2.75) is 31.1 Å². The maximum atomic E-state index is 12.4. The number of nitrogens with one attached hydrogen (secondary N) is 2. The number of aliphatic hydroxyl groups is 3. The maximum absolute atomic E-state index is 12.4. The molecule has 0 bridgehead atoms. The molecule has 1 aliphatic rings. The van der Waals surface area contributed by atoms with Crippen LogP contribution in [0.2, 0.25) is 0 Å². The Morgan fingerprint density at radius 2 is 2.20 bits per heavy atom. The summed E-state index contributed by atoms with van der Waals surface area (Å²) in [7, 11) is 0. The molecular weight excluding hydrogens is 326 g/mol. The number of likely N-dealkylation sites (tertiary alicyclic amines) is 1. The highest BCUT2D eigenvalue weighted by atomic mass is 16.3. The quantitative estimate of drug-likeness (QED) is 0.440. The fraction of sp³-hybridized carbons (Fsp3) is 0.562. The van der Waals surface area contributed by atoms with Crippen LogP contribution in [0.25, 0.3) is 11.0 Å². The number of hydrogen-bond acceptors (Lipinski definition) is 7. The monoisotopic (exact) mass is 349 g/mol. The zero-order valence-corrected chi connectivity index (χ0v) is 13.9. The van der Waals surface area contributed by atoms with Gasteiger partial charge in [0, 0.05) is 31.2 Å². The van der Waals surface area contributed by atoms with Gasteiger partial charge in [0.1, 0.15) is 5.60 Å². The number of aromatic nitrogens is 3. The minimum absolute atomic E-state index is 0.232. The number of rotatable bonds is 6. The molecular formula is C16H23N5O4. The molecule has 0 aromatic carbocycles. The summed E-state index contributed by atoms with van der Waals surface area (Å²) in [5.74, 6) is -0.415. The first-order chi connectivity index (χ1) is 12.0. The van der Waals surface area contributed by atoms with Crippen molar-refractivity contribution >= 4 is 16.9 Å². The third kappa shape index (κ3) is 3.96. The zero-order valence-electron chi connectivity index (χ0n) is 13.9. The van der Waals surface area contributed by atoms with Gasteiger partial charge in [0.2, 0.25) is 0 Å². The van der Waals surface area contributed by atoms with E-state index < -0.39 is 17.6 Å². The molecule has 0 saturated carbocycles. The molecule has 1 saturated heterocycles. The second kappa shape index (κ2) is 7.44. The van der Waals surface area contributed by atoms with Crippen molar-refractivity contribution in [2.75, 3.05) is 26.2 Å². The molecule has 5 N–H and O–H groups in total. The standard InChI is InChI=1S/C16H23N5O4/c22-10-11(23)9-21-6-3-16(25,4-7-21)15(24)18-8-13-12-2-1-5-17-14(12)20-19-13/h1-2,5,11,22-23,25H,3-4,6-10H2,(H,18,24)(H,17,19,20). The van der Waals surface area contributed by atoms with Crippen LogP contribution in [0.1, 0.15) is 18.5 Å². The summed E-state index contributed by atoms with van der Waals surface area (Å²) in [4.78, 5) is 18.5. The predicted octanol–water partition coefficient (Wildman–Crippen LogP) is -1.25. The number of aliphatic hydroxyl groups excluding tert-OH is 2. The van der Waals surface area contributed by atoms with Crippen LogP contribution in [-0.2, 0) is 11.3 Å². The van der Waals surface area contributed by atoms with Crippen molar-refractivity contribution in [3.05, 3.63) is 24.0 Å². The van der Waals surface area contributed by atoms with Crippen LogP contribution >= 0.6 is 0 Å². The van der Waals surface area contributed by atoms with Crippen LogP contribution in [0.15, 0.2) is 18.3 Å². The summed E-state index contributed by atoms with van der Waals surface area (Å²) in [5, 5.41) is 39.5. The molecule has 9 heteroatoms. The average Bonchev–Trinajstić information content (AvgIpc) is 3.04. The minimum atomic E-state index is -1.42. The number of carbonyl (C=O) groups excluding carboxylic acids is 1. The molecule has 3 heterocycles. The van der Waals surface area contributed by atoms with E-state index in [9.17, 15) is 15.0 Å².